The molecule has 1 fully saturated rings. The summed E-state index contributed by atoms with van der Waals surface area (Å²) in [6.45, 7) is -0.136. The van der Waals surface area contributed by atoms with Crippen molar-refractivity contribution in [2.75, 3.05) is 12.3 Å². The van der Waals surface area contributed by atoms with Crippen LogP contribution in [0.5, 0.6) is 0 Å². The number of anilines is 1. The van der Waals surface area contributed by atoms with Gasteiger partial charge >= 0.3 is 0 Å². The summed E-state index contributed by atoms with van der Waals surface area (Å²) < 4.78 is 8.73. The molecule has 4 N–H and O–H groups in total. The average molecular weight is 408 g/mol. The molecule has 3 atom stereocenters. The molecule has 2 unspecified atom stereocenters. The highest BCUT2D eigenvalue weighted by molar-refractivity contribution is 9.13. The number of nitrogens with two attached hydrogens (primary N) is 1. The Morgan fingerprint density at radius 2 is 2.20 bits per heavy atom. The Morgan fingerprint density at radius 3 is 2.85 bits per heavy atom. The van der Waals surface area contributed by atoms with Gasteiger partial charge in [0.05, 0.1) is 22.6 Å². The van der Waals surface area contributed by atoms with Crippen LogP contribution in [0.3, 0.4) is 0 Å². The maximum Gasteiger partial charge on any atom is 0.162 e. The molecule has 3 heterocycles. The van der Waals surface area contributed by atoms with Crippen LogP contribution >= 0.6 is 31.9 Å². The summed E-state index contributed by atoms with van der Waals surface area (Å²) >= 11 is 6.88. The highest BCUT2D eigenvalue weighted by Crippen LogP contribution is 2.41. The molecule has 1 aliphatic heterocycles. The zero-order valence-electron chi connectivity index (χ0n) is 10.2. The molecule has 108 valence electrons. The lowest BCUT2D eigenvalue weighted by atomic mass is 10.2. The number of halogens is 2. The zero-order chi connectivity index (χ0) is 14.4. The molecule has 1 saturated heterocycles. The summed E-state index contributed by atoms with van der Waals surface area (Å²) in [7, 11) is 0. The maximum atomic E-state index is 10.1. The van der Waals surface area contributed by atoms with Gasteiger partial charge in [0.2, 0.25) is 0 Å². The number of aliphatic hydroxyl groups excluding tert-OH is 2. The van der Waals surface area contributed by atoms with Crippen LogP contribution in [0.15, 0.2) is 15.4 Å². The van der Waals surface area contributed by atoms with Crippen LogP contribution in [0.4, 0.5) is 5.82 Å². The predicted molar refractivity (Wildman–Crippen MR) is 79.0 cm³/mol. The Morgan fingerprint density at radius 1 is 1.45 bits per heavy atom. The molecule has 2 aromatic rings. The van der Waals surface area contributed by atoms with E-state index in [1.807, 2.05) is 0 Å². The maximum absolute atomic E-state index is 10.1. The van der Waals surface area contributed by atoms with E-state index in [0.29, 0.717) is 32.3 Å². The van der Waals surface area contributed by atoms with Crippen molar-refractivity contribution >= 4 is 48.7 Å². The van der Waals surface area contributed by atoms with Gasteiger partial charge in [0.15, 0.2) is 6.23 Å². The van der Waals surface area contributed by atoms with Crippen LogP contribution in [0.25, 0.3) is 11.0 Å². The summed E-state index contributed by atoms with van der Waals surface area (Å²) in [6.07, 6.45) is -0.0346. The molecule has 0 radical (unpaired) electrons. The topological polar surface area (TPSA) is 106 Å². The number of aromatic nitrogens is 3. The second-order valence-electron chi connectivity index (χ2n) is 4.57. The minimum Gasteiger partial charge on any atom is -0.394 e. The van der Waals surface area contributed by atoms with Gasteiger partial charge in [-0.3, -0.25) is 4.57 Å². The largest absolute Gasteiger partial charge is 0.394 e. The standard InChI is InChI=1S/C11H12Br2N4O3/c12-7-6-9(14)15-3-16-10(6)17(8(7)13)11-5(19)1-4(2-18)20-11/h3-5,11,18-19H,1-2H2,(H2,14,15,16)/t4-,5?,11?/m0/s1. The SMILES string of the molecule is Nc1ncnc2c1c(Br)c(Br)n2C1O[C@H](CO)CC1O. The first-order valence-electron chi connectivity index (χ1n) is 5.94. The first-order valence-corrected chi connectivity index (χ1v) is 7.53. The highest BCUT2D eigenvalue weighted by atomic mass is 79.9. The van der Waals surface area contributed by atoms with E-state index in [1.165, 1.54) is 6.33 Å². The van der Waals surface area contributed by atoms with Crippen LogP contribution < -0.4 is 5.73 Å². The fraction of sp³-hybridized carbons (Fsp3) is 0.455. The van der Waals surface area contributed by atoms with Crippen LogP contribution in [-0.2, 0) is 4.74 Å². The van der Waals surface area contributed by atoms with Crippen LogP contribution in [-0.4, -0.2) is 43.6 Å². The molecule has 2 aromatic heterocycles. The summed E-state index contributed by atoms with van der Waals surface area (Å²) in [5, 5.41) is 20.0. The van der Waals surface area contributed by atoms with Gasteiger partial charge in [-0.2, -0.15) is 0 Å². The van der Waals surface area contributed by atoms with Gasteiger partial charge < -0.3 is 20.7 Å². The second kappa shape index (κ2) is 5.23. The fourth-order valence-corrected chi connectivity index (χ4v) is 3.54. The highest BCUT2D eigenvalue weighted by Gasteiger charge is 2.37. The fourth-order valence-electron chi connectivity index (χ4n) is 2.40. The molecular weight excluding hydrogens is 396 g/mol. The quantitative estimate of drug-likeness (QED) is 0.690. The van der Waals surface area contributed by atoms with Crippen molar-refractivity contribution in [2.45, 2.75) is 24.9 Å². The first kappa shape index (κ1) is 14.2. The molecule has 3 rings (SSSR count). The number of fused-ring (bicyclic) bond motifs is 1. The van der Waals surface area contributed by atoms with E-state index in [0.717, 1.165) is 0 Å². The number of ether oxygens (including phenoxy) is 1. The van der Waals surface area contributed by atoms with Crippen LogP contribution in [0.1, 0.15) is 12.6 Å². The third-order valence-electron chi connectivity index (χ3n) is 3.32. The van der Waals surface area contributed by atoms with Gasteiger partial charge in [0.1, 0.15) is 28.5 Å². The van der Waals surface area contributed by atoms with Crippen molar-refractivity contribution in [3.63, 3.8) is 0 Å². The number of hydrogen-bond acceptors (Lipinski definition) is 6. The van der Waals surface area contributed by atoms with Gasteiger partial charge in [-0.15, -0.1) is 0 Å². The van der Waals surface area contributed by atoms with E-state index in [4.69, 9.17) is 15.6 Å². The minimum absolute atomic E-state index is 0.136. The molecule has 9 heteroatoms. The number of nitrogens with zero attached hydrogens (tertiary/aromatic N) is 3. The van der Waals surface area contributed by atoms with E-state index in [2.05, 4.69) is 41.8 Å². The molecule has 20 heavy (non-hydrogen) atoms. The zero-order valence-corrected chi connectivity index (χ0v) is 13.4. The van der Waals surface area contributed by atoms with E-state index >= 15 is 0 Å². The molecule has 1 aliphatic rings. The van der Waals surface area contributed by atoms with Gasteiger partial charge in [0, 0.05) is 6.42 Å². The Labute approximate surface area is 131 Å². The van der Waals surface area contributed by atoms with Gasteiger partial charge in [-0.1, -0.05) is 0 Å². The van der Waals surface area contributed by atoms with Gasteiger partial charge in [-0.05, 0) is 31.9 Å². The summed E-state index contributed by atoms with van der Waals surface area (Å²) in [5.41, 5.74) is 6.42. The normalized spacial score (nSPS) is 26.5. The molecule has 0 aliphatic carbocycles. The number of hydrogen-bond donors (Lipinski definition) is 3. The van der Waals surface area contributed by atoms with E-state index in [1.54, 1.807) is 4.57 Å². The molecule has 0 amide bonds. The summed E-state index contributed by atoms with van der Waals surface area (Å²) in [5.74, 6) is 0.340. The molecule has 0 aromatic carbocycles. The molecule has 0 saturated carbocycles. The smallest absolute Gasteiger partial charge is 0.162 e. The van der Waals surface area contributed by atoms with Crippen LogP contribution in [0, 0.1) is 0 Å². The van der Waals surface area contributed by atoms with Gasteiger partial charge in [0.25, 0.3) is 0 Å². The molecular formula is C11H12Br2N4O3. The number of nitrogen functional groups attached to an aromatic ring is 1. The average Bonchev–Trinajstić information content (AvgIpc) is 2.90. The monoisotopic (exact) mass is 406 g/mol. The van der Waals surface area contributed by atoms with E-state index in [9.17, 15) is 5.11 Å². The third-order valence-corrected chi connectivity index (χ3v) is 5.40. The molecule has 0 spiro atoms. The first-order chi connectivity index (χ1) is 9.54. The van der Waals surface area contributed by atoms with Gasteiger partial charge in [-0.25, -0.2) is 9.97 Å². The second-order valence-corrected chi connectivity index (χ2v) is 6.11. The summed E-state index contributed by atoms with van der Waals surface area (Å²) in [4.78, 5) is 8.17. The summed E-state index contributed by atoms with van der Waals surface area (Å²) in [6, 6.07) is 0. The third kappa shape index (κ3) is 2.04. The van der Waals surface area contributed by atoms with E-state index < -0.39 is 18.4 Å². The van der Waals surface area contributed by atoms with Crippen molar-refractivity contribution in [1.29, 1.82) is 0 Å². The lowest BCUT2D eigenvalue weighted by Crippen LogP contribution is -2.20. The van der Waals surface area contributed by atoms with Crippen LogP contribution in [0.2, 0.25) is 0 Å². The lowest BCUT2D eigenvalue weighted by Gasteiger charge is -2.18. The molecule has 0 bridgehead atoms. The number of aliphatic hydroxyl groups is 2. The molecule has 7 nitrogen and oxygen atoms in total. The van der Waals surface area contributed by atoms with Crippen molar-refractivity contribution in [2.24, 2.45) is 0 Å². The Balaban J connectivity index is 2.17. The lowest BCUT2D eigenvalue weighted by molar-refractivity contribution is -0.0495. The van der Waals surface area contributed by atoms with Crippen molar-refractivity contribution in [3.8, 4) is 0 Å². The Bertz CT molecular complexity index is 663. The van der Waals surface area contributed by atoms with E-state index in [-0.39, 0.29) is 6.61 Å². The predicted octanol–water partition coefficient (Wildman–Crippen LogP) is 1.18. The van der Waals surface area contributed by atoms with Crippen molar-refractivity contribution < 1.29 is 14.9 Å². The number of rotatable bonds is 2. The van der Waals surface area contributed by atoms with Crippen molar-refractivity contribution in [3.05, 3.63) is 15.4 Å². The Kier molecular flexibility index (Phi) is 3.71. The van der Waals surface area contributed by atoms with Crippen molar-refractivity contribution in [1.82, 2.24) is 14.5 Å². The Hall–Kier alpha value is -0.740. The minimum atomic E-state index is -0.734.